The quantitative estimate of drug-likeness (QED) is 0.875. The summed E-state index contributed by atoms with van der Waals surface area (Å²) in [6, 6.07) is 12.2. The van der Waals surface area contributed by atoms with Crippen LogP contribution in [0.5, 0.6) is 11.5 Å². The van der Waals surface area contributed by atoms with Crippen LogP contribution in [-0.2, 0) is 0 Å². The average Bonchev–Trinajstić information content (AvgIpc) is 2.53. The van der Waals surface area contributed by atoms with Crippen molar-refractivity contribution in [3.63, 3.8) is 0 Å². The van der Waals surface area contributed by atoms with E-state index in [1.54, 1.807) is 14.2 Å². The monoisotopic (exact) mass is 272 g/mol. The van der Waals surface area contributed by atoms with Crippen LogP contribution in [0.1, 0.15) is 0 Å². The minimum absolute atomic E-state index is 0.821. The average molecular weight is 272 g/mol. The van der Waals surface area contributed by atoms with Crippen molar-refractivity contribution < 1.29 is 9.47 Å². The van der Waals surface area contributed by atoms with E-state index in [0.717, 1.165) is 34.0 Å². The third kappa shape index (κ3) is 2.64. The first-order valence-corrected chi connectivity index (χ1v) is 6.45. The second-order valence-electron chi connectivity index (χ2n) is 4.33. The van der Waals surface area contributed by atoms with Crippen LogP contribution in [0.25, 0.3) is 11.1 Å². The number of ether oxygens (including phenoxy) is 2. The Morgan fingerprint density at radius 1 is 0.700 bits per heavy atom. The molecule has 0 aliphatic rings. The van der Waals surface area contributed by atoms with Crippen molar-refractivity contribution in [1.29, 1.82) is 0 Å². The number of rotatable bonds is 5. The molecule has 2 rings (SSSR count). The molecule has 0 aliphatic carbocycles. The molecule has 0 radical (unpaired) electrons. The first kappa shape index (κ1) is 14.1. The maximum Gasteiger partial charge on any atom is 0.142 e. The fourth-order valence-corrected chi connectivity index (χ4v) is 2.15. The summed E-state index contributed by atoms with van der Waals surface area (Å²) in [7, 11) is 7.10. The van der Waals surface area contributed by atoms with Crippen molar-refractivity contribution in [2.75, 3.05) is 38.9 Å². The van der Waals surface area contributed by atoms with Gasteiger partial charge in [-0.1, -0.05) is 12.1 Å². The van der Waals surface area contributed by atoms with Gasteiger partial charge in [-0.2, -0.15) is 0 Å². The van der Waals surface area contributed by atoms with Gasteiger partial charge in [0.25, 0.3) is 0 Å². The molecule has 0 heterocycles. The van der Waals surface area contributed by atoms with Crippen molar-refractivity contribution in [2.45, 2.75) is 0 Å². The van der Waals surface area contributed by atoms with Crippen molar-refractivity contribution in [3.05, 3.63) is 36.4 Å². The zero-order valence-corrected chi connectivity index (χ0v) is 12.3. The van der Waals surface area contributed by atoms with E-state index in [-0.39, 0.29) is 0 Å². The molecule has 2 aromatic carbocycles. The van der Waals surface area contributed by atoms with Crippen LogP contribution in [-0.4, -0.2) is 28.3 Å². The third-order valence-corrected chi connectivity index (χ3v) is 3.28. The number of benzene rings is 2. The van der Waals surface area contributed by atoms with Gasteiger partial charge in [0.15, 0.2) is 0 Å². The first-order chi connectivity index (χ1) is 9.73. The molecule has 0 atom stereocenters. The summed E-state index contributed by atoms with van der Waals surface area (Å²) in [6.07, 6.45) is 0. The summed E-state index contributed by atoms with van der Waals surface area (Å²) < 4.78 is 10.8. The van der Waals surface area contributed by atoms with Gasteiger partial charge in [0.05, 0.1) is 25.6 Å². The summed E-state index contributed by atoms with van der Waals surface area (Å²) in [5.41, 5.74) is 4.11. The topological polar surface area (TPSA) is 42.5 Å². The summed E-state index contributed by atoms with van der Waals surface area (Å²) in [6.45, 7) is 0. The van der Waals surface area contributed by atoms with Crippen molar-refractivity contribution in [1.82, 2.24) is 0 Å². The molecular formula is C16H20N2O2. The molecule has 106 valence electrons. The maximum absolute atomic E-state index is 5.39. The highest BCUT2D eigenvalue weighted by Crippen LogP contribution is 2.34. The molecule has 4 nitrogen and oxygen atoms in total. The Balaban J connectivity index is 2.46. The van der Waals surface area contributed by atoms with E-state index in [1.807, 2.05) is 38.4 Å². The predicted octanol–water partition coefficient (Wildman–Crippen LogP) is 3.45. The van der Waals surface area contributed by atoms with E-state index in [2.05, 4.69) is 22.8 Å². The minimum atomic E-state index is 0.821. The number of hydrogen-bond acceptors (Lipinski definition) is 4. The highest BCUT2D eigenvalue weighted by molar-refractivity contribution is 5.74. The third-order valence-electron chi connectivity index (χ3n) is 3.28. The van der Waals surface area contributed by atoms with Gasteiger partial charge in [0.2, 0.25) is 0 Å². The zero-order chi connectivity index (χ0) is 14.5. The lowest BCUT2D eigenvalue weighted by molar-refractivity contribution is 0.416. The first-order valence-electron chi connectivity index (χ1n) is 6.45. The molecule has 0 amide bonds. The van der Waals surface area contributed by atoms with Crippen LogP contribution in [0, 0.1) is 0 Å². The minimum Gasteiger partial charge on any atom is -0.495 e. The summed E-state index contributed by atoms with van der Waals surface area (Å²) in [4.78, 5) is 0. The normalized spacial score (nSPS) is 10.0. The van der Waals surface area contributed by atoms with Gasteiger partial charge in [-0.3, -0.25) is 0 Å². The SMILES string of the molecule is CNc1ccc(-c2ccc(NC)c(OC)c2)cc1OC. The molecule has 0 aromatic heterocycles. The lowest BCUT2D eigenvalue weighted by atomic mass is 10.0. The smallest absolute Gasteiger partial charge is 0.142 e. The second kappa shape index (κ2) is 6.19. The van der Waals surface area contributed by atoms with Gasteiger partial charge in [0, 0.05) is 14.1 Å². The summed E-state index contributed by atoms with van der Waals surface area (Å²) >= 11 is 0. The molecule has 0 unspecified atom stereocenters. The fourth-order valence-electron chi connectivity index (χ4n) is 2.15. The Bertz CT molecular complexity index is 544. The molecule has 0 bridgehead atoms. The Labute approximate surface area is 119 Å². The summed E-state index contributed by atoms with van der Waals surface area (Å²) in [5.74, 6) is 1.64. The summed E-state index contributed by atoms with van der Waals surface area (Å²) in [5, 5.41) is 6.21. The van der Waals surface area contributed by atoms with E-state index in [4.69, 9.17) is 9.47 Å². The van der Waals surface area contributed by atoms with Crippen LogP contribution in [0.2, 0.25) is 0 Å². The van der Waals surface area contributed by atoms with Gasteiger partial charge in [-0.05, 0) is 35.4 Å². The molecule has 20 heavy (non-hydrogen) atoms. The molecule has 0 fully saturated rings. The molecule has 0 aliphatic heterocycles. The number of nitrogens with one attached hydrogen (secondary N) is 2. The molecule has 0 spiro atoms. The fraction of sp³-hybridized carbons (Fsp3) is 0.250. The Morgan fingerprint density at radius 3 is 1.40 bits per heavy atom. The van der Waals surface area contributed by atoms with Crippen LogP contribution in [0.4, 0.5) is 11.4 Å². The maximum atomic E-state index is 5.39. The van der Waals surface area contributed by atoms with E-state index in [0.29, 0.717) is 0 Å². The molecule has 2 aromatic rings. The van der Waals surface area contributed by atoms with Crippen LogP contribution >= 0.6 is 0 Å². The Hall–Kier alpha value is -2.36. The van der Waals surface area contributed by atoms with Crippen molar-refractivity contribution in [2.24, 2.45) is 0 Å². The van der Waals surface area contributed by atoms with Gasteiger partial charge >= 0.3 is 0 Å². The van der Waals surface area contributed by atoms with Crippen molar-refractivity contribution in [3.8, 4) is 22.6 Å². The lowest BCUT2D eigenvalue weighted by Crippen LogP contribution is -1.95. The van der Waals surface area contributed by atoms with E-state index >= 15 is 0 Å². The molecule has 4 heteroatoms. The lowest BCUT2D eigenvalue weighted by Gasteiger charge is -2.13. The zero-order valence-electron chi connectivity index (χ0n) is 12.3. The standard InChI is InChI=1S/C16H20N2O2/c1-17-13-7-5-11(9-15(13)19-3)12-6-8-14(18-2)16(10-12)20-4/h5-10,17-18H,1-4H3. The molecule has 0 saturated heterocycles. The second-order valence-corrected chi connectivity index (χ2v) is 4.33. The van der Waals surface area contributed by atoms with E-state index in [1.165, 1.54) is 0 Å². The van der Waals surface area contributed by atoms with Gasteiger partial charge in [-0.25, -0.2) is 0 Å². The Kier molecular flexibility index (Phi) is 4.35. The van der Waals surface area contributed by atoms with Crippen molar-refractivity contribution >= 4 is 11.4 Å². The number of anilines is 2. The highest BCUT2D eigenvalue weighted by Gasteiger charge is 2.08. The van der Waals surface area contributed by atoms with Gasteiger partial charge in [-0.15, -0.1) is 0 Å². The van der Waals surface area contributed by atoms with E-state index in [9.17, 15) is 0 Å². The Morgan fingerprint density at radius 2 is 1.10 bits per heavy atom. The van der Waals surface area contributed by atoms with Gasteiger partial charge in [0.1, 0.15) is 11.5 Å². The molecule has 0 saturated carbocycles. The van der Waals surface area contributed by atoms with Crippen LogP contribution in [0.3, 0.4) is 0 Å². The number of hydrogen-bond donors (Lipinski definition) is 2. The van der Waals surface area contributed by atoms with E-state index < -0.39 is 0 Å². The largest absolute Gasteiger partial charge is 0.495 e. The predicted molar refractivity (Wildman–Crippen MR) is 84.1 cm³/mol. The van der Waals surface area contributed by atoms with Crippen LogP contribution in [0.15, 0.2) is 36.4 Å². The number of methoxy groups -OCH3 is 2. The van der Waals surface area contributed by atoms with Crippen LogP contribution < -0.4 is 20.1 Å². The molecular weight excluding hydrogens is 252 g/mol. The highest BCUT2D eigenvalue weighted by atomic mass is 16.5. The molecule has 2 N–H and O–H groups in total. The van der Waals surface area contributed by atoms with Gasteiger partial charge < -0.3 is 20.1 Å².